The van der Waals surface area contributed by atoms with E-state index in [2.05, 4.69) is 4.99 Å². The number of nitrogens with zero attached hydrogens (tertiary/aromatic N) is 1. The first-order chi connectivity index (χ1) is 18.9. The SMILES string of the molecule is CCOC(=O)C1=C(O)/C(=C/c2ccc(OCc3cccc(F)c3)c(OCC)c2)SC1=NC(=O)c1ccccc1. The number of aliphatic hydroxyl groups is 1. The molecule has 1 aliphatic heterocycles. The highest BCUT2D eigenvalue weighted by Gasteiger charge is 2.34. The molecule has 0 saturated carbocycles. The lowest BCUT2D eigenvalue weighted by atomic mass is 10.1. The van der Waals surface area contributed by atoms with Crippen LogP contribution >= 0.6 is 11.8 Å². The molecular formula is C30H26FNO6S. The summed E-state index contributed by atoms with van der Waals surface area (Å²) in [5.74, 6) is -1.09. The fourth-order valence-electron chi connectivity index (χ4n) is 3.67. The molecule has 4 rings (SSSR count). The lowest BCUT2D eigenvalue weighted by molar-refractivity contribution is -0.138. The van der Waals surface area contributed by atoms with E-state index in [9.17, 15) is 19.1 Å². The number of hydrogen-bond acceptors (Lipinski definition) is 7. The van der Waals surface area contributed by atoms with Gasteiger partial charge in [-0.3, -0.25) is 4.79 Å². The number of benzene rings is 3. The van der Waals surface area contributed by atoms with Crippen LogP contribution in [0.2, 0.25) is 0 Å². The topological polar surface area (TPSA) is 94.4 Å². The van der Waals surface area contributed by atoms with Crippen molar-refractivity contribution in [3.05, 3.63) is 112 Å². The van der Waals surface area contributed by atoms with E-state index < -0.39 is 11.9 Å². The first-order valence-electron chi connectivity index (χ1n) is 12.2. The van der Waals surface area contributed by atoms with Gasteiger partial charge < -0.3 is 19.3 Å². The number of aliphatic imine (C=N–C) groups is 1. The summed E-state index contributed by atoms with van der Waals surface area (Å²) in [7, 11) is 0. The van der Waals surface area contributed by atoms with E-state index in [4.69, 9.17) is 14.2 Å². The molecule has 9 heteroatoms. The molecular weight excluding hydrogens is 521 g/mol. The third-order valence-electron chi connectivity index (χ3n) is 5.44. The largest absolute Gasteiger partial charge is 0.506 e. The van der Waals surface area contributed by atoms with Gasteiger partial charge in [0.05, 0.1) is 18.1 Å². The van der Waals surface area contributed by atoms with E-state index in [0.717, 1.165) is 11.8 Å². The van der Waals surface area contributed by atoms with E-state index in [1.165, 1.54) is 12.1 Å². The quantitative estimate of drug-likeness (QED) is 0.305. The zero-order valence-corrected chi connectivity index (χ0v) is 22.2. The van der Waals surface area contributed by atoms with Gasteiger partial charge in [-0.2, -0.15) is 0 Å². The summed E-state index contributed by atoms with van der Waals surface area (Å²) in [6, 6.07) is 19.7. The number of ether oxygens (including phenoxy) is 3. The van der Waals surface area contributed by atoms with Crippen molar-refractivity contribution in [3.63, 3.8) is 0 Å². The number of thioether (sulfide) groups is 1. The second-order valence-corrected chi connectivity index (χ2v) is 9.23. The van der Waals surface area contributed by atoms with Crippen LogP contribution in [0.15, 0.2) is 94.0 Å². The predicted octanol–water partition coefficient (Wildman–Crippen LogP) is 6.51. The molecule has 0 bridgehead atoms. The molecule has 0 unspecified atom stereocenters. The second kappa shape index (κ2) is 12.9. The Bertz CT molecular complexity index is 1470. The average Bonchev–Trinajstić information content (AvgIpc) is 3.23. The number of halogens is 1. The zero-order valence-electron chi connectivity index (χ0n) is 21.3. The minimum Gasteiger partial charge on any atom is -0.506 e. The van der Waals surface area contributed by atoms with Crippen molar-refractivity contribution < 1.29 is 33.3 Å². The van der Waals surface area contributed by atoms with Gasteiger partial charge in [-0.05, 0) is 67.4 Å². The Morgan fingerprint density at radius 2 is 1.74 bits per heavy atom. The van der Waals surface area contributed by atoms with Crippen molar-refractivity contribution in [1.29, 1.82) is 0 Å². The van der Waals surface area contributed by atoms with Crippen LogP contribution in [0.1, 0.15) is 35.3 Å². The fourth-order valence-corrected chi connectivity index (χ4v) is 4.68. The third kappa shape index (κ3) is 6.94. The van der Waals surface area contributed by atoms with Gasteiger partial charge in [-0.15, -0.1) is 0 Å². The first kappa shape index (κ1) is 27.7. The number of hydrogen-bond donors (Lipinski definition) is 1. The Morgan fingerprint density at radius 1 is 0.949 bits per heavy atom. The summed E-state index contributed by atoms with van der Waals surface area (Å²) in [6.07, 6.45) is 1.65. The Kier molecular flexibility index (Phi) is 9.17. The van der Waals surface area contributed by atoms with E-state index in [1.54, 1.807) is 73.7 Å². The minimum absolute atomic E-state index is 0.0473. The zero-order chi connectivity index (χ0) is 27.8. The second-order valence-electron chi connectivity index (χ2n) is 8.20. The Hall–Kier alpha value is -4.37. The van der Waals surface area contributed by atoms with Crippen LogP contribution in [0.3, 0.4) is 0 Å². The summed E-state index contributed by atoms with van der Waals surface area (Å²) in [5, 5.41) is 11.0. The number of carbonyl (C=O) groups is 2. The molecule has 1 amide bonds. The molecule has 200 valence electrons. The molecule has 0 fully saturated rings. The maximum atomic E-state index is 13.5. The number of esters is 1. The van der Waals surface area contributed by atoms with Crippen LogP contribution in [0.25, 0.3) is 6.08 Å². The summed E-state index contributed by atoms with van der Waals surface area (Å²) in [4.78, 5) is 29.8. The highest BCUT2D eigenvalue weighted by Crippen LogP contribution is 2.40. The van der Waals surface area contributed by atoms with Crippen molar-refractivity contribution in [3.8, 4) is 11.5 Å². The van der Waals surface area contributed by atoms with E-state index in [0.29, 0.717) is 39.7 Å². The van der Waals surface area contributed by atoms with Gasteiger partial charge in [0.2, 0.25) is 0 Å². The fraction of sp³-hybridized carbons (Fsp3) is 0.167. The molecule has 0 atom stereocenters. The van der Waals surface area contributed by atoms with Crippen molar-refractivity contribution in [1.82, 2.24) is 0 Å². The van der Waals surface area contributed by atoms with Crippen LogP contribution in [0, 0.1) is 5.82 Å². The molecule has 3 aromatic carbocycles. The number of rotatable bonds is 9. The van der Waals surface area contributed by atoms with Crippen molar-refractivity contribution in [2.75, 3.05) is 13.2 Å². The summed E-state index contributed by atoms with van der Waals surface area (Å²) >= 11 is 0.989. The van der Waals surface area contributed by atoms with Crippen LogP contribution < -0.4 is 9.47 Å². The van der Waals surface area contributed by atoms with Gasteiger partial charge in [0.25, 0.3) is 5.91 Å². The van der Waals surface area contributed by atoms with E-state index >= 15 is 0 Å². The highest BCUT2D eigenvalue weighted by atomic mass is 32.2. The minimum atomic E-state index is -0.776. The molecule has 0 spiro atoms. The molecule has 0 aliphatic carbocycles. The predicted molar refractivity (Wildman–Crippen MR) is 148 cm³/mol. The smallest absolute Gasteiger partial charge is 0.344 e. The maximum absolute atomic E-state index is 13.5. The standard InChI is InChI=1S/C30H26FNO6S/c1-3-36-24-16-19(13-14-23(24)38-18-20-9-8-12-22(31)15-20)17-25-27(33)26(30(35)37-4-2)29(39-25)32-28(34)21-10-6-5-7-11-21/h5-17,33H,3-4,18H2,1-2H3/b25-17-,32-29?. The van der Waals surface area contributed by atoms with Crippen molar-refractivity contribution >= 4 is 34.8 Å². The number of carbonyl (C=O) groups excluding carboxylic acids is 2. The van der Waals surface area contributed by atoms with E-state index in [-0.39, 0.29) is 35.4 Å². The molecule has 1 aliphatic rings. The van der Waals surface area contributed by atoms with Crippen LogP contribution in [-0.2, 0) is 16.1 Å². The lowest BCUT2D eigenvalue weighted by Crippen LogP contribution is -2.14. The maximum Gasteiger partial charge on any atom is 0.344 e. The molecule has 0 saturated heterocycles. The van der Waals surface area contributed by atoms with Gasteiger partial charge in [0.15, 0.2) is 11.5 Å². The van der Waals surface area contributed by atoms with E-state index in [1.807, 2.05) is 6.92 Å². The Balaban J connectivity index is 1.63. The molecule has 7 nitrogen and oxygen atoms in total. The van der Waals surface area contributed by atoms with Crippen LogP contribution in [0.5, 0.6) is 11.5 Å². The number of aliphatic hydroxyl groups excluding tert-OH is 1. The molecule has 1 N–H and O–H groups in total. The van der Waals surface area contributed by atoms with Gasteiger partial charge in [0.1, 0.15) is 28.8 Å². The van der Waals surface area contributed by atoms with Crippen molar-refractivity contribution in [2.24, 2.45) is 4.99 Å². The highest BCUT2D eigenvalue weighted by molar-refractivity contribution is 8.18. The Morgan fingerprint density at radius 3 is 2.46 bits per heavy atom. The Labute approximate surface area is 229 Å². The summed E-state index contributed by atoms with van der Waals surface area (Å²) in [6.45, 7) is 4.10. The molecule has 0 aromatic heterocycles. The summed E-state index contributed by atoms with van der Waals surface area (Å²) < 4.78 is 30.2. The van der Waals surface area contributed by atoms with Gasteiger partial charge in [-0.25, -0.2) is 14.2 Å². The molecule has 0 radical (unpaired) electrons. The normalized spacial score (nSPS) is 15.1. The lowest BCUT2D eigenvalue weighted by Gasteiger charge is -2.13. The van der Waals surface area contributed by atoms with Crippen LogP contribution in [-0.4, -0.2) is 35.2 Å². The van der Waals surface area contributed by atoms with Gasteiger partial charge in [-0.1, -0.05) is 48.2 Å². The molecule has 1 heterocycles. The molecule has 3 aromatic rings. The third-order valence-corrected chi connectivity index (χ3v) is 6.46. The first-order valence-corrected chi connectivity index (χ1v) is 13.0. The van der Waals surface area contributed by atoms with Gasteiger partial charge >= 0.3 is 5.97 Å². The summed E-state index contributed by atoms with van der Waals surface area (Å²) in [5.41, 5.74) is 1.49. The van der Waals surface area contributed by atoms with Crippen LogP contribution in [0.4, 0.5) is 4.39 Å². The molecule has 39 heavy (non-hydrogen) atoms. The van der Waals surface area contributed by atoms with Crippen molar-refractivity contribution in [2.45, 2.75) is 20.5 Å². The number of amides is 1. The monoisotopic (exact) mass is 547 g/mol. The van der Waals surface area contributed by atoms with Gasteiger partial charge in [0, 0.05) is 5.56 Å². The average molecular weight is 548 g/mol.